The van der Waals surface area contributed by atoms with Gasteiger partial charge in [-0.25, -0.2) is 9.97 Å². The number of rotatable bonds is 3. The summed E-state index contributed by atoms with van der Waals surface area (Å²) in [5, 5.41) is 0.760. The third-order valence-electron chi connectivity index (χ3n) is 5.52. The van der Waals surface area contributed by atoms with E-state index in [1.54, 1.807) is 0 Å². The highest BCUT2D eigenvalue weighted by atomic mass is 32.1. The molecular formula is C22H22N4O2S. The first-order valence-corrected chi connectivity index (χ1v) is 10.7. The van der Waals surface area contributed by atoms with Gasteiger partial charge in [0.1, 0.15) is 16.5 Å². The first-order valence-electron chi connectivity index (χ1n) is 9.86. The molecule has 148 valence electrons. The minimum Gasteiger partial charge on any atom is -0.459 e. The van der Waals surface area contributed by atoms with Crippen molar-refractivity contribution in [2.75, 3.05) is 13.1 Å². The van der Waals surface area contributed by atoms with Crippen LogP contribution in [-0.2, 0) is 0 Å². The second-order valence-electron chi connectivity index (χ2n) is 7.55. The molecule has 4 aromatic rings. The zero-order valence-corrected chi connectivity index (χ0v) is 17.3. The van der Waals surface area contributed by atoms with E-state index >= 15 is 0 Å². The molecule has 0 saturated carbocycles. The number of carbonyl (C=O) groups is 1. The van der Waals surface area contributed by atoms with Gasteiger partial charge in [-0.15, -0.1) is 11.3 Å². The fraction of sp³-hybridized carbons (Fsp3) is 0.318. The number of hydrogen-bond donors (Lipinski definition) is 1. The van der Waals surface area contributed by atoms with Crippen molar-refractivity contribution >= 4 is 28.3 Å². The molecule has 1 aliphatic rings. The predicted molar refractivity (Wildman–Crippen MR) is 113 cm³/mol. The van der Waals surface area contributed by atoms with E-state index in [0.717, 1.165) is 65.0 Å². The van der Waals surface area contributed by atoms with Crippen molar-refractivity contribution in [3.63, 3.8) is 0 Å². The van der Waals surface area contributed by atoms with Gasteiger partial charge in [0.05, 0.1) is 16.7 Å². The van der Waals surface area contributed by atoms with E-state index in [-0.39, 0.29) is 5.91 Å². The second-order valence-corrected chi connectivity index (χ2v) is 8.55. The number of benzene rings is 1. The Balaban J connectivity index is 1.29. The predicted octanol–water partition coefficient (Wildman–Crippen LogP) is 4.92. The number of H-pyrrole nitrogens is 1. The molecule has 29 heavy (non-hydrogen) atoms. The van der Waals surface area contributed by atoms with Crippen LogP contribution in [0.1, 0.15) is 45.7 Å². The van der Waals surface area contributed by atoms with Crippen LogP contribution in [0.2, 0.25) is 0 Å². The Labute approximate surface area is 172 Å². The lowest BCUT2D eigenvalue weighted by atomic mass is 9.96. The van der Waals surface area contributed by atoms with Crippen molar-refractivity contribution in [2.45, 2.75) is 32.6 Å². The van der Waals surface area contributed by atoms with Crippen LogP contribution >= 0.6 is 11.3 Å². The number of aromatic nitrogens is 3. The number of thiazole rings is 1. The minimum atomic E-state index is 0.0672. The van der Waals surface area contributed by atoms with Gasteiger partial charge in [0.2, 0.25) is 0 Å². The fourth-order valence-electron chi connectivity index (χ4n) is 3.92. The summed E-state index contributed by atoms with van der Waals surface area (Å²) in [5.41, 5.74) is 2.84. The third-order valence-corrected chi connectivity index (χ3v) is 6.68. The summed E-state index contributed by atoms with van der Waals surface area (Å²) in [4.78, 5) is 28.5. The number of imidazole rings is 1. The maximum Gasteiger partial charge on any atom is 0.265 e. The van der Waals surface area contributed by atoms with Gasteiger partial charge in [-0.2, -0.15) is 0 Å². The van der Waals surface area contributed by atoms with E-state index < -0.39 is 0 Å². The van der Waals surface area contributed by atoms with E-state index in [9.17, 15) is 4.79 Å². The summed E-state index contributed by atoms with van der Waals surface area (Å²) < 4.78 is 5.66. The molecule has 1 saturated heterocycles. The topological polar surface area (TPSA) is 75.0 Å². The average molecular weight is 407 g/mol. The third kappa shape index (κ3) is 3.35. The molecule has 3 aromatic heterocycles. The largest absolute Gasteiger partial charge is 0.459 e. The van der Waals surface area contributed by atoms with E-state index in [4.69, 9.17) is 9.40 Å². The number of aryl methyl sites for hydroxylation is 2. The van der Waals surface area contributed by atoms with Gasteiger partial charge >= 0.3 is 0 Å². The minimum absolute atomic E-state index is 0.0672. The van der Waals surface area contributed by atoms with E-state index in [1.807, 2.05) is 49.1 Å². The molecule has 0 unspecified atom stereocenters. The summed E-state index contributed by atoms with van der Waals surface area (Å²) in [6.07, 6.45) is 1.82. The number of likely N-dealkylation sites (tertiary alicyclic amines) is 1. The molecule has 1 aliphatic heterocycles. The first kappa shape index (κ1) is 18.1. The molecule has 1 N–H and O–H groups in total. The quantitative estimate of drug-likeness (QED) is 0.524. The first-order chi connectivity index (χ1) is 14.1. The standard InChI is InChI=1S/C22H22N4O2S/c1-13-7-8-18(28-13)21-23-14(2)19(29-21)22(27)26-11-9-15(10-12-26)20-24-16-5-3-4-6-17(16)25-20/h3-8,15H,9-12H2,1-2H3,(H,24,25). The van der Waals surface area contributed by atoms with Crippen molar-refractivity contribution in [3.8, 4) is 10.8 Å². The van der Waals surface area contributed by atoms with E-state index in [2.05, 4.69) is 16.0 Å². The van der Waals surface area contributed by atoms with Crippen LogP contribution in [-0.4, -0.2) is 38.8 Å². The summed E-state index contributed by atoms with van der Waals surface area (Å²) >= 11 is 1.41. The number of nitrogens with one attached hydrogen (secondary N) is 1. The monoisotopic (exact) mass is 406 g/mol. The molecule has 0 aliphatic carbocycles. The SMILES string of the molecule is Cc1ccc(-c2nc(C)c(C(=O)N3CCC(c4nc5ccccc5[nH]4)CC3)s2)o1. The zero-order chi connectivity index (χ0) is 20.0. The Hall–Kier alpha value is -2.93. The second kappa shape index (κ2) is 7.15. The van der Waals surface area contributed by atoms with Crippen LogP contribution in [0.3, 0.4) is 0 Å². The maximum absolute atomic E-state index is 13.1. The molecule has 0 radical (unpaired) electrons. The number of amides is 1. The zero-order valence-electron chi connectivity index (χ0n) is 16.4. The highest BCUT2D eigenvalue weighted by molar-refractivity contribution is 7.17. The molecule has 4 heterocycles. The van der Waals surface area contributed by atoms with Gasteiger partial charge < -0.3 is 14.3 Å². The normalized spacial score (nSPS) is 15.3. The lowest BCUT2D eigenvalue weighted by Crippen LogP contribution is -2.38. The Morgan fingerprint density at radius 1 is 1.14 bits per heavy atom. The number of para-hydroxylation sites is 2. The Kier molecular flexibility index (Phi) is 4.47. The van der Waals surface area contributed by atoms with Crippen molar-refractivity contribution in [1.82, 2.24) is 19.9 Å². The van der Waals surface area contributed by atoms with Crippen LogP contribution in [0.25, 0.3) is 21.8 Å². The van der Waals surface area contributed by atoms with Crippen molar-refractivity contribution in [2.24, 2.45) is 0 Å². The summed E-state index contributed by atoms with van der Waals surface area (Å²) in [6.45, 7) is 5.26. The Morgan fingerprint density at radius 2 is 1.93 bits per heavy atom. The van der Waals surface area contributed by atoms with Crippen LogP contribution in [0.5, 0.6) is 0 Å². The number of nitrogens with zero attached hydrogens (tertiary/aromatic N) is 3. The van der Waals surface area contributed by atoms with Crippen LogP contribution in [0.15, 0.2) is 40.8 Å². The molecule has 1 fully saturated rings. The van der Waals surface area contributed by atoms with Gasteiger partial charge in [-0.3, -0.25) is 4.79 Å². The van der Waals surface area contributed by atoms with Crippen LogP contribution in [0.4, 0.5) is 0 Å². The van der Waals surface area contributed by atoms with Gasteiger partial charge in [-0.05, 0) is 51.0 Å². The highest BCUT2D eigenvalue weighted by Crippen LogP contribution is 2.32. The van der Waals surface area contributed by atoms with Crippen molar-refractivity contribution < 1.29 is 9.21 Å². The molecule has 6 nitrogen and oxygen atoms in total. The molecule has 0 atom stereocenters. The molecule has 5 rings (SSSR count). The van der Waals surface area contributed by atoms with Crippen LogP contribution in [0, 0.1) is 13.8 Å². The molecule has 0 spiro atoms. The van der Waals surface area contributed by atoms with E-state index in [1.165, 1.54) is 11.3 Å². The smallest absolute Gasteiger partial charge is 0.265 e. The molecular weight excluding hydrogens is 384 g/mol. The van der Waals surface area contributed by atoms with Crippen molar-refractivity contribution in [3.05, 3.63) is 58.6 Å². The number of furan rings is 1. The number of fused-ring (bicyclic) bond motifs is 1. The average Bonchev–Trinajstić information content (AvgIpc) is 3.45. The molecule has 1 aromatic carbocycles. The molecule has 1 amide bonds. The molecule has 0 bridgehead atoms. The van der Waals surface area contributed by atoms with Gasteiger partial charge in [-0.1, -0.05) is 12.1 Å². The summed E-state index contributed by atoms with van der Waals surface area (Å²) in [7, 11) is 0. The number of aromatic amines is 1. The summed E-state index contributed by atoms with van der Waals surface area (Å²) in [5.74, 6) is 3.02. The lowest BCUT2D eigenvalue weighted by Gasteiger charge is -2.30. The van der Waals surface area contributed by atoms with Gasteiger partial charge in [0, 0.05) is 19.0 Å². The number of carbonyl (C=O) groups excluding carboxylic acids is 1. The maximum atomic E-state index is 13.1. The summed E-state index contributed by atoms with van der Waals surface area (Å²) in [6, 6.07) is 11.9. The van der Waals surface area contributed by atoms with Crippen LogP contribution < -0.4 is 0 Å². The highest BCUT2D eigenvalue weighted by Gasteiger charge is 2.28. The van der Waals surface area contributed by atoms with Gasteiger partial charge in [0.25, 0.3) is 5.91 Å². The number of hydrogen-bond acceptors (Lipinski definition) is 5. The Morgan fingerprint density at radius 3 is 2.66 bits per heavy atom. The molecule has 7 heteroatoms. The van der Waals surface area contributed by atoms with Crippen molar-refractivity contribution in [1.29, 1.82) is 0 Å². The Bertz CT molecular complexity index is 1150. The number of piperidine rings is 1. The lowest BCUT2D eigenvalue weighted by molar-refractivity contribution is 0.0715. The van der Waals surface area contributed by atoms with Gasteiger partial charge in [0.15, 0.2) is 10.8 Å². The van der Waals surface area contributed by atoms with E-state index in [0.29, 0.717) is 10.8 Å². The fourth-order valence-corrected chi connectivity index (χ4v) is 4.91.